The fourth-order valence-corrected chi connectivity index (χ4v) is 1.91. The highest BCUT2D eigenvalue weighted by Gasteiger charge is 2.41. The molecule has 0 aliphatic carbocycles. The molecule has 4 nitrogen and oxygen atoms in total. The third-order valence-corrected chi connectivity index (χ3v) is 3.07. The average Bonchev–Trinajstić information content (AvgIpc) is 2.29. The number of nitrogens with one attached hydrogen (secondary N) is 1. The van der Waals surface area contributed by atoms with Crippen molar-refractivity contribution >= 4 is 11.6 Å². The van der Waals surface area contributed by atoms with Gasteiger partial charge in [0.15, 0.2) is 5.60 Å². The van der Waals surface area contributed by atoms with Crippen LogP contribution in [0.1, 0.15) is 26.7 Å². The highest BCUT2D eigenvalue weighted by atomic mass is 16.5. The molecule has 0 spiro atoms. The molecule has 0 saturated carbocycles. The van der Waals surface area contributed by atoms with E-state index in [1.54, 1.807) is 6.07 Å². The monoisotopic (exact) mass is 221 g/mol. The Balaban J connectivity index is 2.43. The largest absolute Gasteiger partial charge is 0.508 e. The van der Waals surface area contributed by atoms with Crippen LogP contribution < -0.4 is 10.1 Å². The Bertz CT molecular complexity index is 424. The zero-order valence-corrected chi connectivity index (χ0v) is 9.41. The molecule has 0 unspecified atom stereocenters. The predicted octanol–water partition coefficient (Wildman–Crippen LogP) is 2.28. The number of aromatic hydroxyl groups is 1. The van der Waals surface area contributed by atoms with E-state index >= 15 is 0 Å². The van der Waals surface area contributed by atoms with E-state index in [4.69, 9.17) is 4.74 Å². The molecular formula is C12H15NO3. The van der Waals surface area contributed by atoms with E-state index < -0.39 is 5.60 Å². The van der Waals surface area contributed by atoms with Gasteiger partial charge in [-0.3, -0.25) is 4.79 Å². The van der Waals surface area contributed by atoms with Crippen molar-refractivity contribution in [3.8, 4) is 11.5 Å². The van der Waals surface area contributed by atoms with Crippen molar-refractivity contribution in [2.45, 2.75) is 32.3 Å². The molecule has 0 bridgehead atoms. The Labute approximate surface area is 94.2 Å². The SMILES string of the molecule is CCC1(CC)Oc2cc(O)ccc2NC1=O. The number of hydrogen-bond acceptors (Lipinski definition) is 3. The highest BCUT2D eigenvalue weighted by Crippen LogP contribution is 2.38. The van der Waals surface area contributed by atoms with Gasteiger partial charge in [-0.05, 0) is 25.0 Å². The maximum absolute atomic E-state index is 11.9. The summed E-state index contributed by atoms with van der Waals surface area (Å²) < 4.78 is 5.74. The lowest BCUT2D eigenvalue weighted by Crippen LogP contribution is -2.49. The normalized spacial score (nSPS) is 17.2. The number of phenols is 1. The number of carbonyl (C=O) groups excluding carboxylic acids is 1. The van der Waals surface area contributed by atoms with Crippen LogP contribution in [0.15, 0.2) is 18.2 Å². The van der Waals surface area contributed by atoms with E-state index in [1.807, 2.05) is 13.8 Å². The molecule has 1 aromatic carbocycles. The molecule has 2 rings (SSSR count). The van der Waals surface area contributed by atoms with E-state index in [2.05, 4.69) is 5.32 Å². The molecule has 0 fully saturated rings. The van der Waals surface area contributed by atoms with E-state index in [9.17, 15) is 9.90 Å². The van der Waals surface area contributed by atoms with Crippen LogP contribution in [0.2, 0.25) is 0 Å². The van der Waals surface area contributed by atoms with Gasteiger partial charge in [-0.15, -0.1) is 0 Å². The summed E-state index contributed by atoms with van der Waals surface area (Å²) in [5.74, 6) is 0.551. The Morgan fingerprint density at radius 1 is 1.38 bits per heavy atom. The van der Waals surface area contributed by atoms with Crippen LogP contribution in [-0.4, -0.2) is 16.6 Å². The summed E-state index contributed by atoms with van der Waals surface area (Å²) in [4.78, 5) is 11.9. The van der Waals surface area contributed by atoms with Gasteiger partial charge in [0.2, 0.25) is 0 Å². The third kappa shape index (κ3) is 1.50. The minimum absolute atomic E-state index is 0.115. The molecule has 0 aromatic heterocycles. The fraction of sp³-hybridized carbons (Fsp3) is 0.417. The standard InChI is InChI=1S/C12H15NO3/c1-3-12(4-2)11(15)13-9-6-5-8(14)7-10(9)16-12/h5-7,14H,3-4H2,1-2H3,(H,13,15). The number of carbonyl (C=O) groups is 1. The molecule has 4 heteroatoms. The van der Waals surface area contributed by atoms with Gasteiger partial charge in [0.25, 0.3) is 5.91 Å². The fourth-order valence-electron chi connectivity index (χ4n) is 1.91. The first kappa shape index (κ1) is 10.8. The molecule has 0 saturated heterocycles. The van der Waals surface area contributed by atoms with Gasteiger partial charge in [-0.2, -0.15) is 0 Å². The summed E-state index contributed by atoms with van der Waals surface area (Å²) in [6.07, 6.45) is 1.20. The van der Waals surface area contributed by atoms with Crippen molar-refractivity contribution in [2.24, 2.45) is 0 Å². The number of amides is 1. The van der Waals surface area contributed by atoms with E-state index in [0.29, 0.717) is 24.3 Å². The van der Waals surface area contributed by atoms with Gasteiger partial charge in [-0.1, -0.05) is 13.8 Å². The maximum Gasteiger partial charge on any atom is 0.268 e. The molecule has 1 heterocycles. The van der Waals surface area contributed by atoms with Gasteiger partial charge >= 0.3 is 0 Å². The predicted molar refractivity (Wildman–Crippen MR) is 60.7 cm³/mol. The molecule has 0 radical (unpaired) electrons. The van der Waals surface area contributed by atoms with Crippen molar-refractivity contribution in [3.05, 3.63) is 18.2 Å². The number of phenolic OH excluding ortho intramolecular Hbond substituents is 1. The smallest absolute Gasteiger partial charge is 0.268 e. The molecule has 1 aliphatic rings. The van der Waals surface area contributed by atoms with Crippen LogP contribution in [0.25, 0.3) is 0 Å². The van der Waals surface area contributed by atoms with Gasteiger partial charge in [0.1, 0.15) is 11.5 Å². The van der Waals surface area contributed by atoms with Gasteiger partial charge in [0.05, 0.1) is 5.69 Å². The second-order valence-electron chi connectivity index (χ2n) is 3.94. The van der Waals surface area contributed by atoms with Crippen LogP contribution >= 0.6 is 0 Å². The Kier molecular flexibility index (Phi) is 2.50. The number of rotatable bonds is 2. The number of hydrogen-bond donors (Lipinski definition) is 2. The van der Waals surface area contributed by atoms with E-state index in [1.165, 1.54) is 12.1 Å². The number of fused-ring (bicyclic) bond motifs is 1. The topological polar surface area (TPSA) is 58.6 Å². The molecule has 2 N–H and O–H groups in total. The minimum Gasteiger partial charge on any atom is -0.508 e. The quantitative estimate of drug-likeness (QED) is 0.753. The first-order valence-electron chi connectivity index (χ1n) is 5.45. The summed E-state index contributed by atoms with van der Waals surface area (Å²) in [6.45, 7) is 3.83. The molecular weight excluding hydrogens is 206 g/mol. The first-order chi connectivity index (χ1) is 7.61. The van der Waals surface area contributed by atoms with Crippen molar-refractivity contribution in [3.63, 3.8) is 0 Å². The summed E-state index contributed by atoms with van der Waals surface area (Å²) in [7, 11) is 0. The van der Waals surface area contributed by atoms with E-state index in [-0.39, 0.29) is 11.7 Å². The second kappa shape index (κ2) is 3.70. The Morgan fingerprint density at radius 2 is 2.06 bits per heavy atom. The molecule has 1 aliphatic heterocycles. The lowest BCUT2D eigenvalue weighted by atomic mass is 9.94. The van der Waals surface area contributed by atoms with Crippen LogP contribution in [-0.2, 0) is 4.79 Å². The number of benzene rings is 1. The van der Waals surface area contributed by atoms with Gasteiger partial charge in [-0.25, -0.2) is 0 Å². The zero-order valence-electron chi connectivity index (χ0n) is 9.41. The van der Waals surface area contributed by atoms with Crippen molar-refractivity contribution in [1.82, 2.24) is 0 Å². The number of ether oxygens (including phenoxy) is 1. The molecule has 0 atom stereocenters. The average molecular weight is 221 g/mol. The van der Waals surface area contributed by atoms with Gasteiger partial charge in [0, 0.05) is 6.07 Å². The highest BCUT2D eigenvalue weighted by molar-refractivity contribution is 6.00. The van der Waals surface area contributed by atoms with Crippen molar-refractivity contribution < 1.29 is 14.6 Å². The zero-order chi connectivity index (χ0) is 11.8. The lowest BCUT2D eigenvalue weighted by Gasteiger charge is -2.36. The van der Waals surface area contributed by atoms with Crippen LogP contribution in [0, 0.1) is 0 Å². The van der Waals surface area contributed by atoms with Crippen molar-refractivity contribution in [1.29, 1.82) is 0 Å². The molecule has 16 heavy (non-hydrogen) atoms. The van der Waals surface area contributed by atoms with Crippen LogP contribution in [0.3, 0.4) is 0 Å². The van der Waals surface area contributed by atoms with Crippen LogP contribution in [0.5, 0.6) is 11.5 Å². The van der Waals surface area contributed by atoms with E-state index in [0.717, 1.165) is 0 Å². The molecule has 1 aromatic rings. The number of anilines is 1. The molecule has 1 amide bonds. The summed E-state index contributed by atoms with van der Waals surface area (Å²) in [5.41, 5.74) is -0.193. The van der Waals surface area contributed by atoms with Crippen molar-refractivity contribution in [2.75, 3.05) is 5.32 Å². The minimum atomic E-state index is -0.805. The van der Waals surface area contributed by atoms with Crippen LogP contribution in [0.4, 0.5) is 5.69 Å². The lowest BCUT2D eigenvalue weighted by molar-refractivity contribution is -0.133. The Hall–Kier alpha value is -1.71. The second-order valence-corrected chi connectivity index (χ2v) is 3.94. The van der Waals surface area contributed by atoms with Gasteiger partial charge < -0.3 is 15.2 Å². The first-order valence-corrected chi connectivity index (χ1v) is 5.45. The molecule has 86 valence electrons. The maximum atomic E-state index is 11.9. The summed E-state index contributed by atoms with van der Waals surface area (Å²) in [6, 6.07) is 4.68. The Morgan fingerprint density at radius 3 is 2.69 bits per heavy atom. The third-order valence-electron chi connectivity index (χ3n) is 3.07. The summed E-state index contributed by atoms with van der Waals surface area (Å²) in [5, 5.41) is 12.2. The summed E-state index contributed by atoms with van der Waals surface area (Å²) >= 11 is 0.